The van der Waals surface area contributed by atoms with Crippen molar-refractivity contribution in [2.45, 2.75) is 38.2 Å². The van der Waals surface area contributed by atoms with Crippen molar-refractivity contribution in [3.8, 4) is 11.4 Å². The Bertz CT molecular complexity index is 1130. The number of hydrogen-bond acceptors (Lipinski definition) is 10. The lowest BCUT2D eigenvalue weighted by Gasteiger charge is -2.09. The Morgan fingerprint density at radius 2 is 2.00 bits per heavy atom. The van der Waals surface area contributed by atoms with E-state index < -0.39 is 11.9 Å². The smallest absolute Gasteiger partial charge is 0.348 e. The van der Waals surface area contributed by atoms with Gasteiger partial charge in [-0.05, 0) is 26.8 Å². The summed E-state index contributed by atoms with van der Waals surface area (Å²) < 4.78 is 17.6. The highest BCUT2D eigenvalue weighted by Gasteiger charge is 2.28. The number of ether oxygens (including phenoxy) is 2. The van der Waals surface area contributed by atoms with Gasteiger partial charge in [0.25, 0.3) is 0 Å². The maximum absolute atomic E-state index is 12.5. The molecule has 0 aliphatic carbocycles. The molecular formula is C21H24N4O5S2. The molecule has 11 heteroatoms. The summed E-state index contributed by atoms with van der Waals surface area (Å²) >= 11 is 2.34. The molecule has 32 heavy (non-hydrogen) atoms. The predicted octanol–water partition coefficient (Wildman–Crippen LogP) is 4.32. The van der Waals surface area contributed by atoms with Crippen LogP contribution in [0.1, 0.15) is 45.2 Å². The summed E-state index contributed by atoms with van der Waals surface area (Å²) in [7, 11) is 0. The highest BCUT2D eigenvalue weighted by Crippen LogP contribution is 2.37. The number of carbonyl (C=O) groups excluding carboxylic acids is 2. The quantitative estimate of drug-likeness (QED) is 0.259. The monoisotopic (exact) mass is 476 g/mol. The number of furan rings is 1. The SMILES string of the molecule is C=CCn1c(SCc2c(C(=O)OCC)sc(N)c2C(=O)OCC)nnc1-c1ccoc1C. The second-order valence-corrected chi connectivity index (χ2v) is 8.47. The highest BCUT2D eigenvalue weighted by atomic mass is 32.2. The fourth-order valence-electron chi connectivity index (χ4n) is 3.05. The molecule has 3 aromatic rings. The van der Waals surface area contributed by atoms with Gasteiger partial charge in [-0.2, -0.15) is 0 Å². The van der Waals surface area contributed by atoms with Crippen molar-refractivity contribution >= 4 is 40.0 Å². The molecule has 0 bridgehead atoms. The molecule has 2 N–H and O–H groups in total. The lowest BCUT2D eigenvalue weighted by Crippen LogP contribution is -2.11. The molecule has 0 spiro atoms. The van der Waals surface area contributed by atoms with Crippen molar-refractivity contribution < 1.29 is 23.5 Å². The van der Waals surface area contributed by atoms with Crippen LogP contribution >= 0.6 is 23.1 Å². The molecule has 0 radical (unpaired) electrons. The van der Waals surface area contributed by atoms with E-state index in [1.165, 1.54) is 11.8 Å². The Labute approximate surface area is 193 Å². The molecule has 0 aromatic carbocycles. The lowest BCUT2D eigenvalue weighted by molar-refractivity contribution is 0.0527. The number of nitrogen functional groups attached to an aromatic ring is 1. The fraction of sp³-hybridized carbons (Fsp3) is 0.333. The van der Waals surface area contributed by atoms with Crippen molar-refractivity contribution in [2.24, 2.45) is 0 Å². The number of allylic oxidation sites excluding steroid dienone is 1. The summed E-state index contributed by atoms with van der Waals surface area (Å²) in [4.78, 5) is 25.3. The Hall–Kier alpha value is -3.05. The number of carbonyl (C=O) groups is 2. The van der Waals surface area contributed by atoms with E-state index in [1.807, 2.05) is 17.6 Å². The number of nitrogens with two attached hydrogens (primary N) is 1. The minimum atomic E-state index is -0.574. The highest BCUT2D eigenvalue weighted by molar-refractivity contribution is 7.98. The number of anilines is 1. The van der Waals surface area contributed by atoms with E-state index >= 15 is 0 Å². The van der Waals surface area contributed by atoms with E-state index in [9.17, 15) is 9.59 Å². The van der Waals surface area contributed by atoms with Gasteiger partial charge in [0.1, 0.15) is 15.6 Å². The molecule has 0 saturated heterocycles. The summed E-state index contributed by atoms with van der Waals surface area (Å²) in [5, 5.41) is 9.42. The normalized spacial score (nSPS) is 10.8. The molecule has 0 aliphatic rings. The average molecular weight is 477 g/mol. The largest absolute Gasteiger partial charge is 0.469 e. The third-order valence-corrected chi connectivity index (χ3v) is 6.48. The van der Waals surface area contributed by atoms with Crippen LogP contribution in [0.25, 0.3) is 11.4 Å². The molecule has 0 amide bonds. The molecule has 170 valence electrons. The lowest BCUT2D eigenvalue weighted by atomic mass is 10.1. The van der Waals surface area contributed by atoms with Crippen molar-refractivity contribution in [1.29, 1.82) is 0 Å². The summed E-state index contributed by atoms with van der Waals surface area (Å²) in [6, 6.07) is 1.82. The Kier molecular flexibility index (Phi) is 7.75. The Morgan fingerprint density at radius 1 is 1.28 bits per heavy atom. The van der Waals surface area contributed by atoms with Gasteiger partial charge in [0, 0.05) is 17.9 Å². The number of thiophene rings is 1. The van der Waals surface area contributed by atoms with Crippen LogP contribution in [-0.4, -0.2) is 39.9 Å². The number of esters is 2. The standard InChI is InChI=1S/C21H24N4O5S2/c1-5-9-25-18(13-8-10-30-12(13)4)23-24-21(25)31-11-14-15(19(26)28-6-2)17(22)32-16(14)20(27)29-7-3/h5,8,10H,1,6-7,9,11,22H2,2-4H3. The van der Waals surface area contributed by atoms with Crippen LogP contribution in [0.4, 0.5) is 5.00 Å². The first-order valence-corrected chi connectivity index (χ1v) is 11.7. The molecule has 0 aliphatic heterocycles. The molecular weight excluding hydrogens is 452 g/mol. The van der Waals surface area contributed by atoms with Gasteiger partial charge < -0.3 is 19.6 Å². The van der Waals surface area contributed by atoms with Crippen LogP contribution in [0, 0.1) is 6.92 Å². The van der Waals surface area contributed by atoms with Crippen LogP contribution in [-0.2, 0) is 21.8 Å². The summed E-state index contributed by atoms with van der Waals surface area (Å²) in [5.74, 6) is 0.501. The van der Waals surface area contributed by atoms with Crippen LogP contribution in [0.5, 0.6) is 0 Å². The fourth-order valence-corrected chi connectivity index (χ4v) is 5.09. The second kappa shape index (κ2) is 10.5. The molecule has 3 aromatic heterocycles. The number of aromatic nitrogens is 3. The van der Waals surface area contributed by atoms with Gasteiger partial charge in [-0.25, -0.2) is 9.59 Å². The molecule has 3 rings (SSSR count). The number of hydrogen-bond donors (Lipinski definition) is 1. The first kappa shape index (κ1) is 23.6. The molecule has 0 atom stereocenters. The molecule has 0 fully saturated rings. The maximum Gasteiger partial charge on any atom is 0.348 e. The number of aryl methyl sites for hydroxylation is 1. The summed E-state index contributed by atoms with van der Waals surface area (Å²) in [6.45, 7) is 9.95. The first-order chi connectivity index (χ1) is 15.4. The third kappa shape index (κ3) is 4.73. The van der Waals surface area contributed by atoms with Gasteiger partial charge in [-0.1, -0.05) is 17.8 Å². The zero-order valence-corrected chi connectivity index (χ0v) is 19.7. The third-order valence-electron chi connectivity index (χ3n) is 4.45. The van der Waals surface area contributed by atoms with Crippen molar-refractivity contribution in [3.05, 3.63) is 46.7 Å². The summed E-state index contributed by atoms with van der Waals surface area (Å²) in [5.41, 5.74) is 7.56. The molecule has 3 heterocycles. The van der Waals surface area contributed by atoms with Gasteiger partial charge in [0.15, 0.2) is 11.0 Å². The predicted molar refractivity (Wildman–Crippen MR) is 123 cm³/mol. The minimum Gasteiger partial charge on any atom is -0.469 e. The van der Waals surface area contributed by atoms with E-state index in [1.54, 1.807) is 26.2 Å². The first-order valence-electron chi connectivity index (χ1n) is 9.89. The zero-order valence-electron chi connectivity index (χ0n) is 18.0. The van der Waals surface area contributed by atoms with Gasteiger partial charge in [0.05, 0.1) is 30.6 Å². The molecule has 0 unspecified atom stereocenters. The van der Waals surface area contributed by atoms with Crippen molar-refractivity contribution in [3.63, 3.8) is 0 Å². The van der Waals surface area contributed by atoms with Crippen LogP contribution in [0.2, 0.25) is 0 Å². The zero-order chi connectivity index (χ0) is 23.3. The van der Waals surface area contributed by atoms with Gasteiger partial charge in [-0.15, -0.1) is 28.1 Å². The number of rotatable bonds is 10. The summed E-state index contributed by atoms with van der Waals surface area (Å²) in [6.07, 6.45) is 3.33. The second-order valence-electron chi connectivity index (χ2n) is 6.47. The Balaban J connectivity index is 1.98. The van der Waals surface area contributed by atoms with Gasteiger partial charge >= 0.3 is 11.9 Å². The van der Waals surface area contributed by atoms with Crippen molar-refractivity contribution in [1.82, 2.24) is 14.8 Å². The average Bonchev–Trinajstić information content (AvgIpc) is 3.44. The van der Waals surface area contributed by atoms with E-state index in [-0.39, 0.29) is 34.4 Å². The van der Waals surface area contributed by atoms with E-state index in [0.717, 1.165) is 22.7 Å². The van der Waals surface area contributed by atoms with Crippen LogP contribution < -0.4 is 5.73 Å². The topological polar surface area (TPSA) is 122 Å². The van der Waals surface area contributed by atoms with Gasteiger partial charge in [-0.3, -0.25) is 4.57 Å². The van der Waals surface area contributed by atoms with Crippen molar-refractivity contribution in [2.75, 3.05) is 18.9 Å². The van der Waals surface area contributed by atoms with E-state index in [2.05, 4.69) is 16.8 Å². The van der Waals surface area contributed by atoms with E-state index in [0.29, 0.717) is 23.1 Å². The van der Waals surface area contributed by atoms with Gasteiger partial charge in [0.2, 0.25) is 0 Å². The molecule has 0 saturated carbocycles. The number of nitrogens with zero attached hydrogens (tertiary/aromatic N) is 3. The Morgan fingerprint density at radius 3 is 2.62 bits per heavy atom. The van der Waals surface area contributed by atoms with Crippen LogP contribution in [0.15, 0.2) is 34.6 Å². The van der Waals surface area contributed by atoms with E-state index in [4.69, 9.17) is 19.6 Å². The molecule has 9 nitrogen and oxygen atoms in total. The minimum absolute atomic E-state index is 0.188. The number of thioether (sulfide) groups is 1. The van der Waals surface area contributed by atoms with Crippen LogP contribution in [0.3, 0.4) is 0 Å². The maximum atomic E-state index is 12.5.